The van der Waals surface area contributed by atoms with Gasteiger partial charge in [-0.3, -0.25) is 0 Å². The lowest BCUT2D eigenvalue weighted by Gasteiger charge is -2.25. The van der Waals surface area contributed by atoms with Crippen molar-refractivity contribution in [2.24, 2.45) is 11.8 Å². The van der Waals surface area contributed by atoms with Crippen LogP contribution in [0.3, 0.4) is 0 Å². The Balaban J connectivity index is 1.70. The fourth-order valence-electron chi connectivity index (χ4n) is 4.13. The average molecular weight is 258 g/mol. The predicted octanol–water partition coefficient (Wildman–Crippen LogP) is 3.67. The Morgan fingerprint density at radius 1 is 1.26 bits per heavy atom. The third-order valence-electron chi connectivity index (χ3n) is 5.41. The number of nitrogens with two attached hydrogens (primary N) is 1. The molecule has 0 saturated heterocycles. The fourth-order valence-corrected chi connectivity index (χ4v) is 4.13. The van der Waals surface area contributed by atoms with Crippen LogP contribution in [0.4, 0.5) is 5.69 Å². The van der Waals surface area contributed by atoms with Gasteiger partial charge >= 0.3 is 0 Å². The van der Waals surface area contributed by atoms with Crippen LogP contribution in [0.1, 0.15) is 56.7 Å². The zero-order chi connectivity index (χ0) is 13.4. The molecular weight excluding hydrogens is 232 g/mol. The van der Waals surface area contributed by atoms with E-state index < -0.39 is 0 Å². The van der Waals surface area contributed by atoms with Gasteiger partial charge in [0.2, 0.25) is 0 Å². The summed E-state index contributed by atoms with van der Waals surface area (Å²) in [6.07, 6.45) is 6.49. The Hall–Kier alpha value is -1.02. The van der Waals surface area contributed by atoms with Crippen molar-refractivity contribution in [1.29, 1.82) is 0 Å². The van der Waals surface area contributed by atoms with Crippen LogP contribution in [0.5, 0.6) is 0 Å². The molecule has 1 aromatic rings. The standard InChI is InChI=1S/C17H26N2/c1-3-12-4-8-16(11(12)2)19-17-9-5-13-10-14(18)6-7-15(13)17/h6-7,10-12,16-17,19H,3-5,8-9,18H2,1-2H3. The van der Waals surface area contributed by atoms with E-state index in [9.17, 15) is 0 Å². The van der Waals surface area contributed by atoms with E-state index in [-0.39, 0.29) is 0 Å². The van der Waals surface area contributed by atoms with Crippen LogP contribution in [0.25, 0.3) is 0 Å². The second-order valence-electron chi connectivity index (χ2n) is 6.43. The number of nitrogen functional groups attached to an aromatic ring is 1. The summed E-state index contributed by atoms with van der Waals surface area (Å²) in [5, 5.41) is 3.93. The highest BCUT2D eigenvalue weighted by Crippen LogP contribution is 2.38. The van der Waals surface area contributed by atoms with Gasteiger partial charge in [0.1, 0.15) is 0 Å². The number of hydrogen-bond donors (Lipinski definition) is 2. The van der Waals surface area contributed by atoms with Gasteiger partial charge in [-0.05, 0) is 60.8 Å². The third kappa shape index (κ3) is 2.38. The van der Waals surface area contributed by atoms with Gasteiger partial charge in [0, 0.05) is 17.8 Å². The van der Waals surface area contributed by atoms with E-state index in [2.05, 4.69) is 31.3 Å². The first-order valence-electron chi connectivity index (χ1n) is 7.83. The number of anilines is 1. The van der Waals surface area contributed by atoms with Crippen molar-refractivity contribution < 1.29 is 0 Å². The van der Waals surface area contributed by atoms with Gasteiger partial charge in [0.15, 0.2) is 0 Å². The molecule has 0 bridgehead atoms. The van der Waals surface area contributed by atoms with Crippen molar-refractivity contribution >= 4 is 5.69 Å². The van der Waals surface area contributed by atoms with E-state index in [1.54, 1.807) is 0 Å². The lowest BCUT2D eigenvalue weighted by molar-refractivity contribution is 0.320. The van der Waals surface area contributed by atoms with E-state index in [0.717, 1.165) is 17.5 Å². The molecule has 2 aliphatic carbocycles. The van der Waals surface area contributed by atoms with E-state index >= 15 is 0 Å². The maximum atomic E-state index is 5.88. The van der Waals surface area contributed by atoms with E-state index in [0.29, 0.717) is 12.1 Å². The smallest absolute Gasteiger partial charge is 0.0328 e. The average Bonchev–Trinajstić information content (AvgIpc) is 2.95. The monoisotopic (exact) mass is 258 g/mol. The quantitative estimate of drug-likeness (QED) is 0.812. The summed E-state index contributed by atoms with van der Waals surface area (Å²) < 4.78 is 0. The highest BCUT2D eigenvalue weighted by Gasteiger charge is 2.34. The fraction of sp³-hybridized carbons (Fsp3) is 0.647. The Labute approximate surface area is 116 Å². The highest BCUT2D eigenvalue weighted by atomic mass is 15.0. The summed E-state index contributed by atoms with van der Waals surface area (Å²) in [5.74, 6) is 1.74. The van der Waals surface area contributed by atoms with Crippen LogP contribution >= 0.6 is 0 Å². The SMILES string of the molecule is CCC1CCC(NC2CCc3cc(N)ccc32)C1C. The molecule has 0 aromatic heterocycles. The van der Waals surface area contributed by atoms with Gasteiger partial charge in [-0.25, -0.2) is 0 Å². The van der Waals surface area contributed by atoms with Crippen molar-refractivity contribution in [2.75, 3.05) is 5.73 Å². The molecule has 2 aliphatic rings. The first-order valence-corrected chi connectivity index (χ1v) is 7.83. The van der Waals surface area contributed by atoms with Crippen molar-refractivity contribution in [1.82, 2.24) is 5.32 Å². The van der Waals surface area contributed by atoms with E-state index in [1.807, 2.05) is 6.07 Å². The number of benzene rings is 1. The number of nitrogens with one attached hydrogen (secondary N) is 1. The molecule has 104 valence electrons. The van der Waals surface area contributed by atoms with Crippen LogP contribution < -0.4 is 11.1 Å². The van der Waals surface area contributed by atoms with Crippen molar-refractivity contribution in [3.8, 4) is 0 Å². The molecule has 0 radical (unpaired) electrons. The van der Waals surface area contributed by atoms with Gasteiger partial charge in [0.05, 0.1) is 0 Å². The molecule has 3 N–H and O–H groups in total. The normalized spacial score (nSPS) is 33.6. The number of fused-ring (bicyclic) bond motifs is 1. The van der Waals surface area contributed by atoms with Crippen LogP contribution in [-0.2, 0) is 6.42 Å². The molecule has 1 fully saturated rings. The van der Waals surface area contributed by atoms with Gasteiger partial charge in [0.25, 0.3) is 0 Å². The molecule has 2 nitrogen and oxygen atoms in total. The number of rotatable bonds is 3. The summed E-state index contributed by atoms with van der Waals surface area (Å²) in [6, 6.07) is 7.69. The molecule has 2 heteroatoms. The lowest BCUT2D eigenvalue weighted by Crippen LogP contribution is -2.35. The zero-order valence-electron chi connectivity index (χ0n) is 12.2. The summed E-state index contributed by atoms with van der Waals surface area (Å²) in [7, 11) is 0. The molecule has 1 saturated carbocycles. The van der Waals surface area contributed by atoms with Crippen molar-refractivity contribution in [3.63, 3.8) is 0 Å². The summed E-state index contributed by atoms with van der Waals surface area (Å²) in [6.45, 7) is 4.76. The minimum atomic E-state index is 0.554. The predicted molar refractivity (Wildman–Crippen MR) is 81.0 cm³/mol. The maximum absolute atomic E-state index is 5.88. The minimum absolute atomic E-state index is 0.554. The molecule has 3 rings (SSSR count). The molecule has 0 spiro atoms. The molecule has 4 atom stereocenters. The van der Waals surface area contributed by atoms with E-state index in [4.69, 9.17) is 5.73 Å². The van der Waals surface area contributed by atoms with Crippen LogP contribution in [0.2, 0.25) is 0 Å². The first kappa shape index (κ1) is 13.0. The maximum Gasteiger partial charge on any atom is 0.0328 e. The van der Waals surface area contributed by atoms with Gasteiger partial charge < -0.3 is 11.1 Å². The summed E-state index contributed by atoms with van der Waals surface area (Å²) in [5.41, 5.74) is 9.72. The summed E-state index contributed by atoms with van der Waals surface area (Å²) >= 11 is 0. The van der Waals surface area contributed by atoms with Crippen molar-refractivity contribution in [2.45, 2.75) is 58.0 Å². The molecular formula is C17H26N2. The van der Waals surface area contributed by atoms with Gasteiger partial charge in [-0.15, -0.1) is 0 Å². The molecule has 0 amide bonds. The number of hydrogen-bond acceptors (Lipinski definition) is 2. The third-order valence-corrected chi connectivity index (χ3v) is 5.41. The Morgan fingerprint density at radius 2 is 2.11 bits per heavy atom. The second-order valence-corrected chi connectivity index (χ2v) is 6.43. The van der Waals surface area contributed by atoms with Crippen LogP contribution in [0, 0.1) is 11.8 Å². The van der Waals surface area contributed by atoms with Crippen LogP contribution in [-0.4, -0.2) is 6.04 Å². The Morgan fingerprint density at radius 3 is 2.84 bits per heavy atom. The Bertz CT molecular complexity index is 455. The topological polar surface area (TPSA) is 38.0 Å². The van der Waals surface area contributed by atoms with Crippen molar-refractivity contribution in [3.05, 3.63) is 29.3 Å². The van der Waals surface area contributed by atoms with E-state index in [1.165, 1.54) is 43.2 Å². The lowest BCUT2D eigenvalue weighted by atomic mass is 9.93. The van der Waals surface area contributed by atoms with Crippen LogP contribution in [0.15, 0.2) is 18.2 Å². The minimum Gasteiger partial charge on any atom is -0.399 e. The zero-order valence-corrected chi connectivity index (χ0v) is 12.2. The number of aryl methyl sites for hydroxylation is 1. The second kappa shape index (κ2) is 5.16. The largest absolute Gasteiger partial charge is 0.399 e. The first-order chi connectivity index (χ1) is 9.19. The molecule has 1 aromatic carbocycles. The highest BCUT2D eigenvalue weighted by molar-refractivity contribution is 5.47. The van der Waals surface area contributed by atoms with Gasteiger partial charge in [-0.2, -0.15) is 0 Å². The molecule has 19 heavy (non-hydrogen) atoms. The van der Waals surface area contributed by atoms with Gasteiger partial charge in [-0.1, -0.05) is 26.3 Å². The Kier molecular flexibility index (Phi) is 3.53. The molecule has 0 heterocycles. The summed E-state index contributed by atoms with van der Waals surface area (Å²) in [4.78, 5) is 0. The molecule has 0 aliphatic heterocycles. The molecule has 4 unspecified atom stereocenters.